The molecule has 0 saturated heterocycles. The van der Waals surface area contributed by atoms with Gasteiger partial charge in [-0.25, -0.2) is 4.79 Å². The molecule has 9 nitrogen and oxygen atoms in total. The number of aliphatic hydroxyl groups excluding tert-OH is 2. The number of pyridine rings is 1. The average Bonchev–Trinajstić information content (AvgIpc) is 2.87. The van der Waals surface area contributed by atoms with Crippen LogP contribution in [0.1, 0.15) is 15.9 Å². The van der Waals surface area contributed by atoms with Crippen LogP contribution in [0.25, 0.3) is 0 Å². The standard InChI is InChI=1S/C24H22F4N2O7/c25-23(26)36-20-6-4-16(9-21(20)37-24(27)28)30(11-14-2-1-7-29-10-14)15-3-5-19(18(8-15)22(33)34)35-13-17(32)12-31/h1-10,17,23-24,31-32H,11-13H2,(H,33,34)/t17-/m0/s1. The molecule has 3 aromatic rings. The van der Waals surface area contributed by atoms with E-state index in [4.69, 9.17) is 9.84 Å². The lowest BCUT2D eigenvalue weighted by Gasteiger charge is -2.27. The van der Waals surface area contributed by atoms with E-state index in [1.165, 1.54) is 41.6 Å². The fraction of sp³-hybridized carbons (Fsp3) is 0.250. The lowest BCUT2D eigenvalue weighted by atomic mass is 10.1. The summed E-state index contributed by atoms with van der Waals surface area (Å²) in [6.45, 7) is -7.50. The molecule has 13 heteroatoms. The van der Waals surface area contributed by atoms with Crippen molar-refractivity contribution in [2.75, 3.05) is 18.1 Å². The van der Waals surface area contributed by atoms with Gasteiger partial charge >= 0.3 is 19.2 Å². The van der Waals surface area contributed by atoms with Gasteiger partial charge in [0.05, 0.1) is 6.61 Å². The Morgan fingerprint density at radius 1 is 0.946 bits per heavy atom. The molecule has 1 atom stereocenters. The first-order chi connectivity index (χ1) is 17.7. The Kier molecular flexibility index (Phi) is 9.46. The predicted molar refractivity (Wildman–Crippen MR) is 122 cm³/mol. The zero-order valence-corrected chi connectivity index (χ0v) is 19.0. The van der Waals surface area contributed by atoms with Crippen molar-refractivity contribution in [3.05, 3.63) is 72.1 Å². The molecule has 0 aliphatic carbocycles. The largest absolute Gasteiger partial charge is 0.490 e. The summed E-state index contributed by atoms with van der Waals surface area (Å²) in [7, 11) is 0. The molecule has 0 unspecified atom stereocenters. The van der Waals surface area contributed by atoms with Gasteiger partial charge < -0.3 is 34.4 Å². The number of aromatic carboxylic acids is 1. The van der Waals surface area contributed by atoms with Gasteiger partial charge in [0.25, 0.3) is 0 Å². The first-order valence-electron chi connectivity index (χ1n) is 10.7. The summed E-state index contributed by atoms with van der Waals surface area (Å²) in [6, 6.07) is 10.8. The smallest absolute Gasteiger partial charge is 0.387 e. The van der Waals surface area contributed by atoms with Crippen LogP contribution in [0.2, 0.25) is 0 Å². The van der Waals surface area contributed by atoms with Gasteiger partial charge in [-0.15, -0.1) is 0 Å². The average molecular weight is 526 g/mol. The molecule has 0 fully saturated rings. The van der Waals surface area contributed by atoms with Gasteiger partial charge in [-0.1, -0.05) is 6.07 Å². The first-order valence-corrected chi connectivity index (χ1v) is 10.7. The summed E-state index contributed by atoms with van der Waals surface area (Å²) in [5.74, 6) is -2.72. The molecule has 0 amide bonds. The highest BCUT2D eigenvalue weighted by molar-refractivity contribution is 5.92. The minimum absolute atomic E-state index is 0.0689. The molecule has 1 aromatic heterocycles. The molecule has 3 N–H and O–H groups in total. The molecular weight excluding hydrogens is 504 g/mol. The number of hydrogen-bond donors (Lipinski definition) is 3. The lowest BCUT2D eigenvalue weighted by molar-refractivity contribution is -0.0692. The second-order valence-electron chi connectivity index (χ2n) is 7.47. The Hall–Kier alpha value is -4.10. The highest BCUT2D eigenvalue weighted by Gasteiger charge is 2.21. The van der Waals surface area contributed by atoms with Crippen molar-refractivity contribution in [3.63, 3.8) is 0 Å². The molecular formula is C24H22F4N2O7. The van der Waals surface area contributed by atoms with Crippen molar-refractivity contribution in [2.45, 2.75) is 25.9 Å². The summed E-state index contributed by atoms with van der Waals surface area (Å²) in [4.78, 5) is 17.5. The molecule has 3 rings (SSSR count). The van der Waals surface area contributed by atoms with Gasteiger partial charge in [0, 0.05) is 36.4 Å². The predicted octanol–water partition coefficient (Wildman–Crippen LogP) is 4.05. The Labute approximate surface area is 208 Å². The molecule has 2 aromatic carbocycles. The number of nitrogens with zero attached hydrogens (tertiary/aromatic N) is 2. The zero-order valence-electron chi connectivity index (χ0n) is 19.0. The molecule has 0 aliphatic heterocycles. The zero-order chi connectivity index (χ0) is 26.9. The number of halogens is 4. The highest BCUT2D eigenvalue weighted by Crippen LogP contribution is 2.38. The van der Waals surface area contributed by atoms with E-state index in [-0.39, 0.29) is 35.8 Å². The van der Waals surface area contributed by atoms with Crippen LogP contribution in [0.15, 0.2) is 60.9 Å². The number of alkyl halides is 4. The van der Waals surface area contributed by atoms with Crippen molar-refractivity contribution in [2.24, 2.45) is 0 Å². The summed E-state index contributed by atoms with van der Waals surface area (Å²) in [5.41, 5.74) is 0.805. The van der Waals surface area contributed by atoms with Gasteiger partial charge in [0.2, 0.25) is 0 Å². The number of benzene rings is 2. The molecule has 0 radical (unpaired) electrons. The second-order valence-corrected chi connectivity index (χ2v) is 7.47. The van der Waals surface area contributed by atoms with Crippen LogP contribution < -0.4 is 19.1 Å². The molecule has 0 aliphatic rings. The molecule has 198 valence electrons. The van der Waals surface area contributed by atoms with E-state index in [1.54, 1.807) is 12.1 Å². The van der Waals surface area contributed by atoms with E-state index in [1.807, 2.05) is 0 Å². The highest BCUT2D eigenvalue weighted by atomic mass is 19.3. The van der Waals surface area contributed by atoms with Gasteiger partial charge in [-0.3, -0.25) is 4.98 Å². The number of carboxylic acid groups (broad SMARTS) is 1. The maximum Gasteiger partial charge on any atom is 0.387 e. The van der Waals surface area contributed by atoms with E-state index in [2.05, 4.69) is 14.5 Å². The Balaban J connectivity index is 2.07. The third kappa shape index (κ3) is 7.69. The monoisotopic (exact) mass is 526 g/mol. The first kappa shape index (κ1) is 27.5. The van der Waals surface area contributed by atoms with E-state index < -0.39 is 43.4 Å². The maximum atomic E-state index is 13.0. The third-order valence-corrected chi connectivity index (χ3v) is 4.88. The topological polar surface area (TPSA) is 122 Å². The van der Waals surface area contributed by atoms with Crippen LogP contribution in [0, 0.1) is 0 Å². The number of hydrogen-bond acceptors (Lipinski definition) is 8. The summed E-state index contributed by atoms with van der Waals surface area (Å²) >= 11 is 0. The number of carbonyl (C=O) groups is 1. The quantitative estimate of drug-likeness (QED) is 0.283. The van der Waals surface area contributed by atoms with E-state index in [0.29, 0.717) is 5.56 Å². The van der Waals surface area contributed by atoms with E-state index in [9.17, 15) is 32.6 Å². The Bertz CT molecular complexity index is 1190. The molecule has 0 bridgehead atoms. The van der Waals surface area contributed by atoms with Crippen molar-refractivity contribution in [3.8, 4) is 17.2 Å². The van der Waals surface area contributed by atoms with Crippen LogP contribution >= 0.6 is 0 Å². The molecule has 37 heavy (non-hydrogen) atoms. The van der Waals surface area contributed by atoms with Gasteiger partial charge in [-0.2, -0.15) is 17.6 Å². The third-order valence-electron chi connectivity index (χ3n) is 4.88. The number of ether oxygens (including phenoxy) is 3. The van der Waals surface area contributed by atoms with E-state index >= 15 is 0 Å². The minimum atomic E-state index is -3.33. The van der Waals surface area contributed by atoms with Gasteiger partial charge in [0.15, 0.2) is 11.5 Å². The Morgan fingerprint density at radius 2 is 1.59 bits per heavy atom. The van der Waals surface area contributed by atoms with Crippen molar-refractivity contribution in [1.82, 2.24) is 4.98 Å². The van der Waals surface area contributed by atoms with Crippen molar-refractivity contribution < 1.29 is 51.9 Å². The second kappa shape index (κ2) is 12.7. The van der Waals surface area contributed by atoms with Crippen LogP contribution in [-0.4, -0.2) is 58.8 Å². The van der Waals surface area contributed by atoms with Crippen LogP contribution in [0.4, 0.5) is 28.9 Å². The number of carboxylic acids is 1. The summed E-state index contributed by atoms with van der Waals surface area (Å²) in [6.07, 6.45) is 1.84. The normalized spacial score (nSPS) is 11.9. The molecule has 1 heterocycles. The summed E-state index contributed by atoms with van der Waals surface area (Å²) < 4.78 is 65.5. The lowest BCUT2D eigenvalue weighted by Crippen LogP contribution is -2.22. The summed E-state index contributed by atoms with van der Waals surface area (Å²) in [5, 5.41) is 28.2. The van der Waals surface area contributed by atoms with Crippen molar-refractivity contribution in [1.29, 1.82) is 0 Å². The number of anilines is 2. The SMILES string of the molecule is O=C(O)c1cc(N(Cc2cccnc2)c2ccc(OC(F)F)c(OC(F)F)c2)ccc1OC[C@@H](O)CO. The number of aliphatic hydroxyl groups is 2. The van der Waals surface area contributed by atoms with Crippen LogP contribution in [0.5, 0.6) is 17.2 Å². The van der Waals surface area contributed by atoms with Crippen LogP contribution in [-0.2, 0) is 6.54 Å². The Morgan fingerprint density at radius 3 is 2.19 bits per heavy atom. The molecule has 0 saturated carbocycles. The molecule has 0 spiro atoms. The van der Waals surface area contributed by atoms with Gasteiger partial charge in [-0.05, 0) is 42.0 Å². The fourth-order valence-corrected chi connectivity index (χ4v) is 3.27. The van der Waals surface area contributed by atoms with Crippen molar-refractivity contribution >= 4 is 17.3 Å². The minimum Gasteiger partial charge on any atom is -0.490 e. The number of aromatic nitrogens is 1. The maximum absolute atomic E-state index is 13.0. The number of rotatable bonds is 13. The van der Waals surface area contributed by atoms with Gasteiger partial charge in [0.1, 0.15) is 24.0 Å². The van der Waals surface area contributed by atoms with E-state index in [0.717, 1.165) is 12.1 Å². The van der Waals surface area contributed by atoms with Crippen LogP contribution in [0.3, 0.4) is 0 Å². The fourth-order valence-electron chi connectivity index (χ4n) is 3.27.